The molecule has 0 unspecified atom stereocenters. The summed E-state index contributed by atoms with van der Waals surface area (Å²) in [6, 6.07) is 5.75. The van der Waals surface area contributed by atoms with Crippen LogP contribution in [0.15, 0.2) is 22.5 Å². The predicted molar refractivity (Wildman–Crippen MR) is 78.1 cm³/mol. The fourth-order valence-electron chi connectivity index (χ4n) is 1.50. The van der Waals surface area contributed by atoms with Gasteiger partial charge in [-0.3, -0.25) is 4.79 Å². The van der Waals surface area contributed by atoms with Crippen molar-refractivity contribution in [3.8, 4) is 0 Å². The van der Waals surface area contributed by atoms with Gasteiger partial charge in [-0.25, -0.2) is 4.98 Å². The minimum absolute atomic E-state index is 0.0904. The molecule has 1 heterocycles. The molecule has 0 radical (unpaired) electrons. The maximum Gasteiger partial charge on any atom is 0.219 e. The van der Waals surface area contributed by atoms with Gasteiger partial charge in [0.05, 0.1) is 10.2 Å². The van der Waals surface area contributed by atoms with Gasteiger partial charge in [0.1, 0.15) is 0 Å². The molecule has 0 saturated carbocycles. The first-order chi connectivity index (χ1) is 8.69. The van der Waals surface area contributed by atoms with Crippen molar-refractivity contribution in [2.75, 3.05) is 18.5 Å². The van der Waals surface area contributed by atoms with Crippen molar-refractivity contribution >= 4 is 44.9 Å². The quantitative estimate of drug-likeness (QED) is 0.502. The number of anilines is 1. The number of aromatic nitrogens is 1. The fraction of sp³-hybridized carbons (Fsp3) is 0.333. The molecule has 1 aromatic heterocycles. The lowest BCUT2D eigenvalue weighted by molar-refractivity contribution is -0.120. The zero-order chi connectivity index (χ0) is 13.0. The lowest BCUT2D eigenvalue weighted by Crippen LogP contribution is -2.17. The topological polar surface area (TPSA) is 68.0 Å². The van der Waals surface area contributed by atoms with E-state index < -0.39 is 0 Å². The highest BCUT2D eigenvalue weighted by Gasteiger charge is 2.05. The van der Waals surface area contributed by atoms with Crippen molar-refractivity contribution in [2.45, 2.75) is 17.2 Å². The average Bonchev–Trinajstić information content (AvgIpc) is 2.76. The van der Waals surface area contributed by atoms with E-state index in [1.54, 1.807) is 30.1 Å². The number of nitrogens with two attached hydrogens (primary N) is 1. The lowest BCUT2D eigenvalue weighted by atomic mass is 10.3. The Labute approximate surface area is 114 Å². The van der Waals surface area contributed by atoms with Crippen LogP contribution in [0.5, 0.6) is 0 Å². The van der Waals surface area contributed by atoms with Crippen LogP contribution in [0, 0.1) is 0 Å². The molecule has 2 rings (SSSR count). The van der Waals surface area contributed by atoms with Gasteiger partial charge < -0.3 is 11.1 Å². The fourth-order valence-corrected chi connectivity index (χ4v) is 3.63. The SMILES string of the molecule is CNC(=O)CCCSc1nc2ccc(N)cc2s1. The van der Waals surface area contributed by atoms with Gasteiger partial charge in [0, 0.05) is 24.9 Å². The number of benzene rings is 1. The summed E-state index contributed by atoms with van der Waals surface area (Å²) in [5.74, 6) is 0.996. The summed E-state index contributed by atoms with van der Waals surface area (Å²) in [6.45, 7) is 0. The summed E-state index contributed by atoms with van der Waals surface area (Å²) in [5.41, 5.74) is 7.49. The smallest absolute Gasteiger partial charge is 0.219 e. The maximum atomic E-state index is 11.1. The van der Waals surface area contributed by atoms with Gasteiger partial charge in [0.15, 0.2) is 4.34 Å². The minimum Gasteiger partial charge on any atom is -0.399 e. The van der Waals surface area contributed by atoms with Crippen molar-refractivity contribution in [3.63, 3.8) is 0 Å². The number of thioether (sulfide) groups is 1. The van der Waals surface area contributed by atoms with Gasteiger partial charge in [-0.2, -0.15) is 0 Å². The van der Waals surface area contributed by atoms with Crippen LogP contribution in [0.4, 0.5) is 5.69 Å². The number of carbonyl (C=O) groups is 1. The van der Waals surface area contributed by atoms with E-state index in [0.717, 1.165) is 32.4 Å². The molecule has 2 aromatic rings. The van der Waals surface area contributed by atoms with Crippen LogP contribution in [-0.4, -0.2) is 23.7 Å². The molecule has 6 heteroatoms. The van der Waals surface area contributed by atoms with Crippen molar-refractivity contribution in [1.82, 2.24) is 10.3 Å². The molecule has 0 aliphatic carbocycles. The molecule has 4 nitrogen and oxygen atoms in total. The number of nitrogens with one attached hydrogen (secondary N) is 1. The summed E-state index contributed by atoms with van der Waals surface area (Å²) in [5, 5.41) is 2.62. The zero-order valence-corrected chi connectivity index (χ0v) is 11.7. The summed E-state index contributed by atoms with van der Waals surface area (Å²) >= 11 is 3.34. The Morgan fingerprint density at radius 3 is 3.17 bits per heavy atom. The molecule has 1 aromatic carbocycles. The predicted octanol–water partition coefficient (Wildman–Crippen LogP) is 2.50. The summed E-state index contributed by atoms with van der Waals surface area (Å²) in [4.78, 5) is 15.6. The molecule has 3 N–H and O–H groups in total. The van der Waals surface area contributed by atoms with Crippen molar-refractivity contribution in [3.05, 3.63) is 18.2 Å². The molecular weight excluding hydrogens is 266 g/mol. The lowest BCUT2D eigenvalue weighted by Gasteiger charge is -1.98. The van der Waals surface area contributed by atoms with Crippen molar-refractivity contribution in [1.29, 1.82) is 0 Å². The number of nitrogens with zero attached hydrogens (tertiary/aromatic N) is 1. The van der Waals surface area contributed by atoms with Crippen LogP contribution >= 0.6 is 23.1 Å². The third-order valence-corrected chi connectivity index (χ3v) is 4.69. The number of carbonyl (C=O) groups excluding carboxylic acids is 1. The van der Waals surface area contributed by atoms with E-state index in [1.807, 2.05) is 18.2 Å². The Morgan fingerprint density at radius 1 is 1.56 bits per heavy atom. The summed E-state index contributed by atoms with van der Waals surface area (Å²) in [6.07, 6.45) is 1.43. The van der Waals surface area contributed by atoms with Crippen LogP contribution in [0.25, 0.3) is 10.2 Å². The molecule has 0 spiro atoms. The molecule has 18 heavy (non-hydrogen) atoms. The molecular formula is C12H15N3OS2. The van der Waals surface area contributed by atoms with Crippen molar-refractivity contribution < 1.29 is 4.79 Å². The molecule has 0 aliphatic heterocycles. The Balaban J connectivity index is 1.90. The summed E-state index contributed by atoms with van der Waals surface area (Å²) in [7, 11) is 1.66. The van der Waals surface area contributed by atoms with Gasteiger partial charge in [-0.05, 0) is 24.6 Å². The third-order valence-electron chi connectivity index (χ3n) is 2.45. The van der Waals surface area contributed by atoms with E-state index in [4.69, 9.17) is 5.73 Å². The second-order valence-corrected chi connectivity index (χ2v) is 6.20. The average molecular weight is 281 g/mol. The number of rotatable bonds is 5. The maximum absolute atomic E-state index is 11.1. The Kier molecular flexibility index (Phi) is 4.43. The standard InChI is InChI=1S/C12H15N3OS2/c1-14-11(16)3-2-6-17-12-15-9-5-4-8(13)7-10(9)18-12/h4-5,7H,2-3,6,13H2,1H3,(H,14,16). The van der Waals surface area contributed by atoms with Gasteiger partial charge in [-0.1, -0.05) is 11.8 Å². The van der Waals surface area contributed by atoms with Crippen LogP contribution in [-0.2, 0) is 4.79 Å². The largest absolute Gasteiger partial charge is 0.399 e. The van der Waals surface area contributed by atoms with E-state index in [2.05, 4.69) is 10.3 Å². The van der Waals surface area contributed by atoms with E-state index in [0.29, 0.717) is 6.42 Å². The van der Waals surface area contributed by atoms with E-state index in [9.17, 15) is 4.79 Å². The highest BCUT2D eigenvalue weighted by molar-refractivity contribution is 8.01. The first-order valence-corrected chi connectivity index (χ1v) is 7.48. The molecule has 0 atom stereocenters. The highest BCUT2D eigenvalue weighted by atomic mass is 32.2. The third kappa shape index (κ3) is 3.36. The number of thiazole rings is 1. The minimum atomic E-state index is 0.0904. The number of hydrogen-bond donors (Lipinski definition) is 2. The number of fused-ring (bicyclic) bond motifs is 1. The van der Waals surface area contributed by atoms with E-state index in [1.165, 1.54) is 0 Å². The van der Waals surface area contributed by atoms with Crippen LogP contribution < -0.4 is 11.1 Å². The van der Waals surface area contributed by atoms with Gasteiger partial charge in [0.25, 0.3) is 0 Å². The second-order valence-electron chi connectivity index (χ2n) is 3.83. The Bertz CT molecular complexity index is 553. The van der Waals surface area contributed by atoms with Crippen LogP contribution in [0.2, 0.25) is 0 Å². The van der Waals surface area contributed by atoms with Gasteiger partial charge >= 0.3 is 0 Å². The van der Waals surface area contributed by atoms with Crippen LogP contribution in [0.3, 0.4) is 0 Å². The normalized spacial score (nSPS) is 10.7. The second kappa shape index (κ2) is 6.06. The number of hydrogen-bond acceptors (Lipinski definition) is 5. The molecule has 0 fully saturated rings. The highest BCUT2D eigenvalue weighted by Crippen LogP contribution is 2.30. The monoisotopic (exact) mass is 281 g/mol. The Hall–Kier alpha value is -1.27. The van der Waals surface area contributed by atoms with Crippen molar-refractivity contribution in [2.24, 2.45) is 0 Å². The molecule has 0 saturated heterocycles. The van der Waals surface area contributed by atoms with E-state index >= 15 is 0 Å². The first kappa shape index (κ1) is 13.2. The van der Waals surface area contributed by atoms with Gasteiger partial charge in [0.2, 0.25) is 5.91 Å². The Morgan fingerprint density at radius 2 is 2.39 bits per heavy atom. The number of nitrogen functional groups attached to an aromatic ring is 1. The van der Waals surface area contributed by atoms with Gasteiger partial charge in [-0.15, -0.1) is 11.3 Å². The molecule has 1 amide bonds. The van der Waals surface area contributed by atoms with Crippen LogP contribution in [0.1, 0.15) is 12.8 Å². The first-order valence-electron chi connectivity index (χ1n) is 5.68. The van der Waals surface area contributed by atoms with E-state index in [-0.39, 0.29) is 5.91 Å². The zero-order valence-electron chi connectivity index (χ0n) is 10.1. The molecule has 0 bridgehead atoms. The number of amides is 1. The molecule has 96 valence electrons. The summed E-state index contributed by atoms with van der Waals surface area (Å²) < 4.78 is 2.15. The molecule has 0 aliphatic rings.